The minimum atomic E-state index is -3.39. The topological polar surface area (TPSA) is 81.7 Å². The molecule has 0 atom stereocenters. The summed E-state index contributed by atoms with van der Waals surface area (Å²) in [7, 11) is -1.85. The first-order valence-corrected chi connectivity index (χ1v) is 10.2. The summed E-state index contributed by atoms with van der Waals surface area (Å²) in [4.78, 5) is 12.7. The second-order valence-electron chi connectivity index (χ2n) is 5.82. The number of hydrogen-bond donors (Lipinski definition) is 1. The van der Waals surface area contributed by atoms with E-state index in [2.05, 4.69) is 12.2 Å². The molecule has 7 heteroatoms. The molecule has 0 fully saturated rings. The molecule has 0 bridgehead atoms. The van der Waals surface area contributed by atoms with Crippen LogP contribution in [0.1, 0.15) is 30.1 Å². The van der Waals surface area contributed by atoms with E-state index in [0.717, 1.165) is 19.1 Å². The smallest absolute Gasteiger partial charge is 0.255 e. The highest BCUT2D eigenvalue weighted by atomic mass is 32.2. The number of carbonyl (C=O) groups is 1. The van der Waals surface area contributed by atoms with Crippen LogP contribution in [0, 0.1) is 0 Å². The van der Waals surface area contributed by atoms with E-state index in [1.807, 2.05) is 0 Å². The largest absolute Gasteiger partial charge is 0.497 e. The second-order valence-corrected chi connectivity index (χ2v) is 7.83. The first-order valence-electron chi connectivity index (χ1n) is 8.27. The highest BCUT2D eigenvalue weighted by molar-refractivity contribution is 7.90. The van der Waals surface area contributed by atoms with Gasteiger partial charge in [-0.05, 0) is 36.8 Å². The SMILES string of the molecule is CCCCOc1ccc(OC)cc1NC(=O)c1cccc(S(C)(=O)=O)c1. The predicted octanol–water partition coefficient (Wildman–Crippen LogP) is 3.53. The third-order valence-corrected chi connectivity index (χ3v) is 4.83. The molecule has 0 saturated carbocycles. The summed E-state index contributed by atoms with van der Waals surface area (Å²) in [6.07, 6.45) is 3.00. The van der Waals surface area contributed by atoms with E-state index >= 15 is 0 Å². The molecule has 26 heavy (non-hydrogen) atoms. The molecule has 0 radical (unpaired) electrons. The zero-order chi connectivity index (χ0) is 19.2. The van der Waals surface area contributed by atoms with Crippen molar-refractivity contribution >= 4 is 21.4 Å². The van der Waals surface area contributed by atoms with E-state index in [4.69, 9.17) is 9.47 Å². The molecule has 0 unspecified atom stereocenters. The lowest BCUT2D eigenvalue weighted by Gasteiger charge is -2.14. The number of anilines is 1. The molecule has 0 aliphatic rings. The number of benzene rings is 2. The molecule has 0 aliphatic carbocycles. The van der Waals surface area contributed by atoms with Crippen LogP contribution in [-0.2, 0) is 9.84 Å². The van der Waals surface area contributed by atoms with Crippen molar-refractivity contribution in [3.63, 3.8) is 0 Å². The van der Waals surface area contributed by atoms with E-state index in [1.54, 1.807) is 24.3 Å². The van der Waals surface area contributed by atoms with Crippen molar-refractivity contribution in [2.75, 3.05) is 25.3 Å². The third-order valence-electron chi connectivity index (χ3n) is 3.71. The molecular formula is C19H23NO5S. The lowest BCUT2D eigenvalue weighted by molar-refractivity contribution is 0.102. The zero-order valence-electron chi connectivity index (χ0n) is 15.1. The van der Waals surface area contributed by atoms with Crippen LogP contribution < -0.4 is 14.8 Å². The fourth-order valence-electron chi connectivity index (χ4n) is 2.25. The standard InChI is InChI=1S/C19H23NO5S/c1-4-5-11-25-18-10-9-15(24-2)13-17(18)20-19(21)14-7-6-8-16(12-14)26(3,22)23/h6-10,12-13H,4-5,11H2,1-3H3,(H,20,21). The first-order chi connectivity index (χ1) is 12.3. The van der Waals surface area contributed by atoms with Gasteiger partial charge in [0, 0.05) is 17.9 Å². The van der Waals surface area contributed by atoms with Crippen LogP contribution in [0.5, 0.6) is 11.5 Å². The van der Waals surface area contributed by atoms with Crippen molar-refractivity contribution in [2.45, 2.75) is 24.7 Å². The summed E-state index contributed by atoms with van der Waals surface area (Å²) in [5.41, 5.74) is 0.713. The van der Waals surface area contributed by atoms with Crippen LogP contribution in [0.3, 0.4) is 0 Å². The highest BCUT2D eigenvalue weighted by Gasteiger charge is 2.14. The minimum Gasteiger partial charge on any atom is -0.497 e. The molecule has 0 heterocycles. The number of carbonyl (C=O) groups excluding carboxylic acids is 1. The Balaban J connectivity index is 2.27. The minimum absolute atomic E-state index is 0.0928. The molecule has 0 aromatic heterocycles. The Bertz CT molecular complexity index is 877. The van der Waals surface area contributed by atoms with Crippen molar-refractivity contribution in [2.24, 2.45) is 0 Å². The Hall–Kier alpha value is -2.54. The van der Waals surface area contributed by atoms with Gasteiger partial charge in [-0.25, -0.2) is 8.42 Å². The van der Waals surface area contributed by atoms with Gasteiger partial charge in [0.05, 0.1) is 24.3 Å². The predicted molar refractivity (Wildman–Crippen MR) is 101 cm³/mol. The van der Waals surface area contributed by atoms with Crippen LogP contribution in [0.15, 0.2) is 47.4 Å². The summed E-state index contributed by atoms with van der Waals surface area (Å²) in [6.45, 7) is 2.60. The lowest BCUT2D eigenvalue weighted by atomic mass is 10.2. The number of rotatable bonds is 8. The normalized spacial score (nSPS) is 11.0. The molecule has 1 amide bonds. The van der Waals surface area contributed by atoms with Gasteiger partial charge in [0.2, 0.25) is 0 Å². The molecular weight excluding hydrogens is 354 g/mol. The average Bonchev–Trinajstić information content (AvgIpc) is 2.62. The van der Waals surface area contributed by atoms with Gasteiger partial charge < -0.3 is 14.8 Å². The summed E-state index contributed by atoms with van der Waals surface area (Å²) < 4.78 is 34.3. The molecule has 6 nitrogen and oxygen atoms in total. The Kier molecular flexibility index (Phi) is 6.63. The molecule has 0 spiro atoms. The number of nitrogens with one attached hydrogen (secondary N) is 1. The number of methoxy groups -OCH3 is 1. The molecule has 1 N–H and O–H groups in total. The Morgan fingerprint density at radius 2 is 1.92 bits per heavy atom. The first kappa shape index (κ1) is 19.8. The van der Waals surface area contributed by atoms with E-state index < -0.39 is 15.7 Å². The average molecular weight is 377 g/mol. The number of unbranched alkanes of at least 4 members (excludes halogenated alkanes) is 1. The van der Waals surface area contributed by atoms with Crippen LogP contribution in [0.25, 0.3) is 0 Å². The monoisotopic (exact) mass is 377 g/mol. The Labute approximate surface area is 154 Å². The number of sulfone groups is 1. The van der Waals surface area contributed by atoms with Gasteiger partial charge in [-0.2, -0.15) is 0 Å². The van der Waals surface area contributed by atoms with Crippen LogP contribution in [-0.4, -0.2) is 34.3 Å². The van der Waals surface area contributed by atoms with Crippen LogP contribution in [0.4, 0.5) is 5.69 Å². The highest BCUT2D eigenvalue weighted by Crippen LogP contribution is 2.30. The fourth-order valence-corrected chi connectivity index (χ4v) is 2.92. The Morgan fingerprint density at radius 3 is 2.58 bits per heavy atom. The van der Waals surface area contributed by atoms with Crippen molar-refractivity contribution in [3.05, 3.63) is 48.0 Å². The molecule has 0 saturated heterocycles. The lowest BCUT2D eigenvalue weighted by Crippen LogP contribution is -2.14. The maximum atomic E-state index is 12.6. The number of hydrogen-bond acceptors (Lipinski definition) is 5. The number of amides is 1. The van der Waals surface area contributed by atoms with Gasteiger partial charge in [0.1, 0.15) is 11.5 Å². The van der Waals surface area contributed by atoms with Gasteiger partial charge in [-0.1, -0.05) is 19.4 Å². The van der Waals surface area contributed by atoms with Gasteiger partial charge >= 0.3 is 0 Å². The van der Waals surface area contributed by atoms with E-state index in [9.17, 15) is 13.2 Å². The van der Waals surface area contributed by atoms with Gasteiger partial charge in [0.25, 0.3) is 5.91 Å². The molecule has 2 aromatic carbocycles. The van der Waals surface area contributed by atoms with E-state index in [-0.39, 0.29) is 10.5 Å². The van der Waals surface area contributed by atoms with Crippen molar-refractivity contribution in [3.8, 4) is 11.5 Å². The molecule has 140 valence electrons. The van der Waals surface area contributed by atoms with E-state index in [0.29, 0.717) is 23.8 Å². The Morgan fingerprint density at radius 1 is 1.15 bits per heavy atom. The zero-order valence-corrected chi connectivity index (χ0v) is 15.9. The van der Waals surface area contributed by atoms with Gasteiger partial charge in [-0.3, -0.25) is 4.79 Å². The molecule has 2 aromatic rings. The summed E-state index contributed by atoms with van der Waals surface area (Å²) >= 11 is 0. The summed E-state index contributed by atoms with van der Waals surface area (Å²) in [6, 6.07) is 11.1. The summed E-state index contributed by atoms with van der Waals surface area (Å²) in [5.74, 6) is 0.684. The fraction of sp³-hybridized carbons (Fsp3) is 0.316. The van der Waals surface area contributed by atoms with Crippen molar-refractivity contribution < 1.29 is 22.7 Å². The quantitative estimate of drug-likeness (QED) is 0.712. The maximum Gasteiger partial charge on any atom is 0.255 e. The van der Waals surface area contributed by atoms with Crippen molar-refractivity contribution in [1.82, 2.24) is 0 Å². The summed E-state index contributed by atoms with van der Waals surface area (Å²) in [5, 5.41) is 2.77. The van der Waals surface area contributed by atoms with Gasteiger partial charge in [-0.15, -0.1) is 0 Å². The second kappa shape index (κ2) is 8.71. The third kappa shape index (κ3) is 5.23. The van der Waals surface area contributed by atoms with E-state index in [1.165, 1.54) is 25.3 Å². The number of ether oxygens (including phenoxy) is 2. The maximum absolute atomic E-state index is 12.6. The molecule has 0 aliphatic heterocycles. The van der Waals surface area contributed by atoms with Crippen LogP contribution >= 0.6 is 0 Å². The van der Waals surface area contributed by atoms with Gasteiger partial charge in [0.15, 0.2) is 9.84 Å². The van der Waals surface area contributed by atoms with Crippen molar-refractivity contribution in [1.29, 1.82) is 0 Å². The van der Waals surface area contributed by atoms with Crippen LogP contribution in [0.2, 0.25) is 0 Å². The molecule has 2 rings (SSSR count).